The van der Waals surface area contributed by atoms with Crippen molar-refractivity contribution in [3.63, 3.8) is 0 Å². The minimum atomic E-state index is -1.03. The van der Waals surface area contributed by atoms with E-state index in [2.05, 4.69) is 65.2 Å². The van der Waals surface area contributed by atoms with E-state index in [-0.39, 0.29) is 0 Å². The summed E-state index contributed by atoms with van der Waals surface area (Å²) in [5.41, 5.74) is 1.44. The molecule has 1 aromatic rings. The molecule has 0 fully saturated rings. The van der Waals surface area contributed by atoms with Gasteiger partial charge >= 0.3 is 0 Å². The maximum Gasteiger partial charge on any atom is 0.0587 e. The minimum absolute atomic E-state index is 0.722. The van der Waals surface area contributed by atoms with Crippen molar-refractivity contribution in [3.05, 3.63) is 34.3 Å². The zero-order valence-corrected chi connectivity index (χ0v) is 15.8. The van der Waals surface area contributed by atoms with Gasteiger partial charge in [-0.05, 0) is 36.6 Å². The maximum atomic E-state index is 5.10. The zero-order chi connectivity index (χ0) is 15.0. The Morgan fingerprint density at radius 1 is 1.20 bits per heavy atom. The number of methoxy groups -OCH3 is 1. The first-order chi connectivity index (χ1) is 9.40. The van der Waals surface area contributed by atoms with Crippen LogP contribution in [0.1, 0.15) is 5.56 Å². The van der Waals surface area contributed by atoms with Crippen LogP contribution < -0.4 is 5.32 Å². The molecule has 4 heteroatoms. The lowest BCUT2D eigenvalue weighted by Gasteiger charge is -2.25. The van der Waals surface area contributed by atoms with E-state index < -0.39 is 8.07 Å². The smallest absolute Gasteiger partial charge is 0.0587 e. The van der Waals surface area contributed by atoms with Gasteiger partial charge in [-0.3, -0.25) is 0 Å². The van der Waals surface area contributed by atoms with Crippen LogP contribution in [-0.4, -0.2) is 34.9 Å². The second-order valence-corrected chi connectivity index (χ2v) is 13.1. The van der Waals surface area contributed by atoms with Gasteiger partial charge < -0.3 is 10.1 Å². The molecular formula is C16H28BrNOSi. The van der Waals surface area contributed by atoms with E-state index in [0.29, 0.717) is 0 Å². The SMILES string of the molecule is COCCNCC(Cc1ccc(Br)cc1)C[Si](C)(C)C. The molecule has 0 spiro atoms. The number of rotatable bonds is 9. The summed E-state index contributed by atoms with van der Waals surface area (Å²) in [5.74, 6) is 0.722. The lowest BCUT2D eigenvalue weighted by Crippen LogP contribution is -2.33. The van der Waals surface area contributed by atoms with Crippen LogP contribution in [0.2, 0.25) is 25.7 Å². The van der Waals surface area contributed by atoms with Crippen molar-refractivity contribution < 1.29 is 4.74 Å². The molecule has 1 N–H and O–H groups in total. The van der Waals surface area contributed by atoms with Gasteiger partial charge in [0.2, 0.25) is 0 Å². The quantitative estimate of drug-likeness (QED) is 0.528. The minimum Gasteiger partial charge on any atom is -0.383 e. The highest BCUT2D eigenvalue weighted by Crippen LogP contribution is 2.21. The standard InChI is InChI=1S/C16H28BrNOSi/c1-19-10-9-18-12-15(13-20(2,3)4)11-14-5-7-16(17)8-6-14/h5-8,15,18H,9-13H2,1-4H3. The summed E-state index contributed by atoms with van der Waals surface area (Å²) < 4.78 is 6.25. The third kappa shape index (κ3) is 8.20. The predicted molar refractivity (Wildman–Crippen MR) is 94.2 cm³/mol. The van der Waals surface area contributed by atoms with Crippen molar-refractivity contribution in [3.8, 4) is 0 Å². The van der Waals surface area contributed by atoms with E-state index in [1.807, 2.05) is 0 Å². The van der Waals surface area contributed by atoms with Gasteiger partial charge in [-0.25, -0.2) is 0 Å². The number of halogens is 1. The molecule has 114 valence electrons. The molecule has 0 radical (unpaired) electrons. The van der Waals surface area contributed by atoms with Crippen LogP contribution in [0.4, 0.5) is 0 Å². The highest BCUT2D eigenvalue weighted by Gasteiger charge is 2.20. The Morgan fingerprint density at radius 3 is 2.40 bits per heavy atom. The monoisotopic (exact) mass is 357 g/mol. The van der Waals surface area contributed by atoms with E-state index in [4.69, 9.17) is 4.74 Å². The van der Waals surface area contributed by atoms with Gasteiger partial charge in [0.25, 0.3) is 0 Å². The van der Waals surface area contributed by atoms with Crippen LogP contribution in [0.25, 0.3) is 0 Å². The molecule has 0 saturated carbocycles. The van der Waals surface area contributed by atoms with Gasteiger partial charge in [0.15, 0.2) is 0 Å². The van der Waals surface area contributed by atoms with Crippen molar-refractivity contribution in [2.24, 2.45) is 5.92 Å². The molecule has 1 unspecified atom stereocenters. The molecule has 0 aliphatic carbocycles. The molecule has 0 heterocycles. The number of ether oxygens (including phenoxy) is 1. The summed E-state index contributed by atoms with van der Waals surface area (Å²) in [6.07, 6.45) is 1.16. The van der Waals surface area contributed by atoms with Crippen molar-refractivity contribution in [2.75, 3.05) is 26.8 Å². The third-order valence-electron chi connectivity index (χ3n) is 3.25. The Bertz CT molecular complexity index is 375. The summed E-state index contributed by atoms with van der Waals surface area (Å²) in [7, 11) is 0.719. The Kier molecular flexibility index (Phi) is 8.03. The van der Waals surface area contributed by atoms with Crippen molar-refractivity contribution in [2.45, 2.75) is 32.1 Å². The van der Waals surface area contributed by atoms with Gasteiger partial charge in [0, 0.05) is 26.2 Å². The van der Waals surface area contributed by atoms with Gasteiger partial charge in [-0.1, -0.05) is 53.7 Å². The summed E-state index contributed by atoms with van der Waals surface area (Å²) in [5, 5.41) is 3.53. The van der Waals surface area contributed by atoms with Crippen LogP contribution in [0.3, 0.4) is 0 Å². The molecule has 0 saturated heterocycles. The van der Waals surface area contributed by atoms with Crippen LogP contribution in [-0.2, 0) is 11.2 Å². The second kappa shape index (κ2) is 8.98. The first-order valence-corrected chi connectivity index (χ1v) is 11.8. The average Bonchev–Trinajstić information content (AvgIpc) is 2.35. The molecule has 0 amide bonds. The fourth-order valence-corrected chi connectivity index (χ4v) is 4.80. The van der Waals surface area contributed by atoms with Crippen molar-refractivity contribution in [1.82, 2.24) is 5.32 Å². The van der Waals surface area contributed by atoms with Crippen LogP contribution in [0.5, 0.6) is 0 Å². The molecule has 1 aromatic carbocycles. The van der Waals surface area contributed by atoms with E-state index in [1.165, 1.54) is 11.6 Å². The van der Waals surface area contributed by atoms with E-state index in [9.17, 15) is 0 Å². The van der Waals surface area contributed by atoms with Gasteiger partial charge in [0.1, 0.15) is 0 Å². The number of benzene rings is 1. The Hall–Kier alpha value is -0.163. The highest BCUT2D eigenvalue weighted by molar-refractivity contribution is 9.10. The van der Waals surface area contributed by atoms with Crippen molar-refractivity contribution in [1.29, 1.82) is 0 Å². The molecule has 2 nitrogen and oxygen atoms in total. The molecule has 0 aliphatic heterocycles. The molecule has 0 aromatic heterocycles. The molecular weight excluding hydrogens is 330 g/mol. The Balaban J connectivity index is 2.54. The van der Waals surface area contributed by atoms with Gasteiger partial charge in [-0.2, -0.15) is 0 Å². The van der Waals surface area contributed by atoms with E-state index in [1.54, 1.807) is 7.11 Å². The number of hydrogen-bond acceptors (Lipinski definition) is 2. The van der Waals surface area contributed by atoms with Gasteiger partial charge in [0.05, 0.1) is 6.61 Å². The van der Waals surface area contributed by atoms with E-state index in [0.717, 1.165) is 36.5 Å². The molecule has 1 rings (SSSR count). The van der Waals surface area contributed by atoms with Crippen molar-refractivity contribution >= 4 is 24.0 Å². The summed E-state index contributed by atoms with van der Waals surface area (Å²) in [6.45, 7) is 10.2. The zero-order valence-electron chi connectivity index (χ0n) is 13.2. The Labute approximate surface area is 133 Å². The summed E-state index contributed by atoms with van der Waals surface area (Å²) in [6, 6.07) is 10.1. The summed E-state index contributed by atoms with van der Waals surface area (Å²) >= 11 is 3.50. The molecule has 0 aliphatic rings. The lowest BCUT2D eigenvalue weighted by molar-refractivity contribution is 0.198. The molecule has 1 atom stereocenters. The van der Waals surface area contributed by atoms with E-state index >= 15 is 0 Å². The normalized spacial score (nSPS) is 13.4. The van der Waals surface area contributed by atoms with Crippen LogP contribution in [0.15, 0.2) is 28.7 Å². The lowest BCUT2D eigenvalue weighted by atomic mass is 10.0. The first kappa shape index (κ1) is 17.9. The summed E-state index contributed by atoms with van der Waals surface area (Å²) in [4.78, 5) is 0. The first-order valence-electron chi connectivity index (χ1n) is 7.35. The van der Waals surface area contributed by atoms with Crippen LogP contribution >= 0.6 is 15.9 Å². The third-order valence-corrected chi connectivity index (χ3v) is 5.59. The topological polar surface area (TPSA) is 21.3 Å². The number of nitrogens with one attached hydrogen (secondary N) is 1. The predicted octanol–water partition coefficient (Wildman–Crippen LogP) is 4.18. The molecule has 0 bridgehead atoms. The fraction of sp³-hybridized carbons (Fsp3) is 0.625. The largest absolute Gasteiger partial charge is 0.383 e. The molecule has 20 heavy (non-hydrogen) atoms. The second-order valence-electron chi connectivity index (χ2n) is 6.66. The average molecular weight is 358 g/mol. The number of hydrogen-bond donors (Lipinski definition) is 1. The van der Waals surface area contributed by atoms with Gasteiger partial charge in [-0.15, -0.1) is 0 Å². The fourth-order valence-electron chi connectivity index (χ4n) is 2.52. The Morgan fingerprint density at radius 2 is 1.85 bits per heavy atom. The van der Waals surface area contributed by atoms with Crippen LogP contribution in [0, 0.1) is 5.92 Å². The highest BCUT2D eigenvalue weighted by atomic mass is 79.9. The maximum absolute atomic E-state index is 5.10.